The van der Waals surface area contributed by atoms with Crippen LogP contribution in [0.2, 0.25) is 0 Å². The van der Waals surface area contributed by atoms with Gasteiger partial charge >= 0.3 is 0 Å². The van der Waals surface area contributed by atoms with Gasteiger partial charge in [0.15, 0.2) is 0 Å². The van der Waals surface area contributed by atoms with Crippen molar-refractivity contribution in [2.45, 2.75) is 51.4 Å². The summed E-state index contributed by atoms with van der Waals surface area (Å²) in [4.78, 5) is 12.8. The molecule has 4 nitrogen and oxygen atoms in total. The predicted molar refractivity (Wildman–Crippen MR) is 81.1 cm³/mol. The molecule has 22 heavy (non-hydrogen) atoms. The summed E-state index contributed by atoms with van der Waals surface area (Å²) in [7, 11) is 1.76. The maximum absolute atomic E-state index is 12.7. The summed E-state index contributed by atoms with van der Waals surface area (Å²) in [5.74, 6) is -1.79. The van der Waals surface area contributed by atoms with Crippen molar-refractivity contribution >= 4 is 5.91 Å². The number of carbonyl (C=O) groups excluding carboxylic acids is 1. The van der Waals surface area contributed by atoms with E-state index < -0.39 is 5.92 Å². The second-order valence-electron chi connectivity index (χ2n) is 6.00. The molecule has 0 spiro atoms. The average molecular weight is 321 g/mol. The monoisotopic (exact) mass is 321 g/mol. The number of alkyl halides is 2. The van der Waals surface area contributed by atoms with Gasteiger partial charge in [-0.05, 0) is 25.2 Å². The Morgan fingerprint density at radius 2 is 1.86 bits per heavy atom. The van der Waals surface area contributed by atoms with E-state index in [0.29, 0.717) is 6.42 Å². The SMILES string of the molecule is CCCC(=O)N1CCC(F)(F)CC1.COCC1CCOCC1. The van der Waals surface area contributed by atoms with Gasteiger partial charge in [-0.15, -0.1) is 0 Å². The first-order valence-electron chi connectivity index (χ1n) is 8.20. The molecule has 130 valence electrons. The van der Waals surface area contributed by atoms with Gasteiger partial charge in [0.2, 0.25) is 5.91 Å². The molecule has 2 heterocycles. The Balaban J connectivity index is 0.000000235. The van der Waals surface area contributed by atoms with Gasteiger partial charge in [-0.2, -0.15) is 0 Å². The first-order chi connectivity index (χ1) is 10.5. The summed E-state index contributed by atoms with van der Waals surface area (Å²) in [6.07, 6.45) is 3.25. The minimum atomic E-state index is -2.55. The lowest BCUT2D eigenvalue weighted by atomic mass is 10.0. The molecule has 6 heteroatoms. The zero-order valence-electron chi connectivity index (χ0n) is 13.8. The molecule has 0 radical (unpaired) electrons. The Kier molecular flexibility index (Phi) is 8.86. The zero-order chi connectivity index (χ0) is 16.4. The molecule has 2 fully saturated rings. The molecule has 1 amide bonds. The molecule has 0 aromatic heterocycles. The van der Waals surface area contributed by atoms with E-state index in [1.807, 2.05) is 6.92 Å². The molecule has 2 aliphatic heterocycles. The Labute approximate surface area is 132 Å². The summed E-state index contributed by atoms with van der Waals surface area (Å²) < 4.78 is 35.6. The number of halogens is 2. The van der Waals surface area contributed by atoms with Crippen molar-refractivity contribution in [2.24, 2.45) is 5.92 Å². The Hall–Kier alpha value is -0.750. The van der Waals surface area contributed by atoms with Gasteiger partial charge in [-0.3, -0.25) is 4.79 Å². The van der Waals surface area contributed by atoms with Crippen LogP contribution in [0.15, 0.2) is 0 Å². The molecule has 2 saturated heterocycles. The topological polar surface area (TPSA) is 38.8 Å². The number of amides is 1. The summed E-state index contributed by atoms with van der Waals surface area (Å²) in [5.41, 5.74) is 0. The molecule has 0 saturated carbocycles. The third-order valence-electron chi connectivity index (χ3n) is 4.05. The van der Waals surface area contributed by atoms with Crippen LogP contribution in [-0.2, 0) is 14.3 Å². The van der Waals surface area contributed by atoms with Gasteiger partial charge in [-0.25, -0.2) is 8.78 Å². The van der Waals surface area contributed by atoms with E-state index in [1.165, 1.54) is 12.8 Å². The standard InChI is InChI=1S/C9H15F2NO.C7H14O2/c1-2-3-8(13)12-6-4-9(10,11)5-7-12;1-8-6-7-2-4-9-5-3-7/h2-7H2,1H3;7H,2-6H2,1H3. The number of rotatable bonds is 4. The van der Waals surface area contributed by atoms with Crippen LogP contribution in [0.3, 0.4) is 0 Å². The number of nitrogens with zero attached hydrogens (tertiary/aromatic N) is 1. The van der Waals surface area contributed by atoms with Crippen LogP contribution in [0, 0.1) is 5.92 Å². The molecule has 2 rings (SSSR count). The third-order valence-corrected chi connectivity index (χ3v) is 4.05. The molecular weight excluding hydrogens is 292 g/mol. The molecule has 0 unspecified atom stereocenters. The fourth-order valence-corrected chi connectivity index (χ4v) is 2.60. The highest BCUT2D eigenvalue weighted by atomic mass is 19.3. The van der Waals surface area contributed by atoms with Crippen LogP contribution >= 0.6 is 0 Å². The van der Waals surface area contributed by atoms with E-state index in [9.17, 15) is 13.6 Å². The second kappa shape index (κ2) is 10.1. The fourth-order valence-electron chi connectivity index (χ4n) is 2.60. The smallest absolute Gasteiger partial charge is 0.251 e. The van der Waals surface area contributed by atoms with E-state index in [0.717, 1.165) is 32.2 Å². The third kappa shape index (κ3) is 7.49. The van der Waals surface area contributed by atoms with Crippen molar-refractivity contribution < 1.29 is 23.0 Å². The van der Waals surface area contributed by atoms with Crippen molar-refractivity contribution in [3.63, 3.8) is 0 Å². The molecular formula is C16H29F2NO3. The largest absolute Gasteiger partial charge is 0.384 e. The van der Waals surface area contributed by atoms with E-state index in [2.05, 4.69) is 0 Å². The molecule has 0 aromatic carbocycles. The van der Waals surface area contributed by atoms with Crippen LogP contribution in [0.5, 0.6) is 0 Å². The second-order valence-corrected chi connectivity index (χ2v) is 6.00. The highest BCUT2D eigenvalue weighted by Crippen LogP contribution is 2.27. The van der Waals surface area contributed by atoms with E-state index in [1.54, 1.807) is 12.0 Å². The molecule has 0 bridgehead atoms. The van der Waals surface area contributed by atoms with E-state index >= 15 is 0 Å². The summed E-state index contributed by atoms with van der Waals surface area (Å²) >= 11 is 0. The lowest BCUT2D eigenvalue weighted by Gasteiger charge is -2.31. The van der Waals surface area contributed by atoms with Crippen LogP contribution in [0.1, 0.15) is 45.4 Å². The van der Waals surface area contributed by atoms with E-state index in [-0.39, 0.29) is 31.8 Å². The first-order valence-corrected chi connectivity index (χ1v) is 8.20. The summed E-state index contributed by atoms with van der Waals surface area (Å²) in [5, 5.41) is 0. The van der Waals surface area contributed by atoms with Crippen molar-refractivity contribution in [1.82, 2.24) is 4.90 Å². The summed E-state index contributed by atoms with van der Waals surface area (Å²) in [6.45, 7) is 5.10. The van der Waals surface area contributed by atoms with Gasteiger partial charge in [0, 0.05) is 59.3 Å². The van der Waals surface area contributed by atoms with Gasteiger partial charge in [0.05, 0.1) is 0 Å². The molecule has 0 aliphatic carbocycles. The number of piperidine rings is 1. The number of hydrogen-bond acceptors (Lipinski definition) is 3. The minimum absolute atomic E-state index is 0.0120. The van der Waals surface area contributed by atoms with Crippen molar-refractivity contribution in [2.75, 3.05) is 40.0 Å². The fraction of sp³-hybridized carbons (Fsp3) is 0.938. The van der Waals surface area contributed by atoms with Crippen LogP contribution in [0.4, 0.5) is 8.78 Å². The van der Waals surface area contributed by atoms with Crippen LogP contribution in [0.25, 0.3) is 0 Å². The lowest BCUT2D eigenvalue weighted by molar-refractivity contribution is -0.137. The number of carbonyl (C=O) groups is 1. The highest BCUT2D eigenvalue weighted by molar-refractivity contribution is 5.76. The van der Waals surface area contributed by atoms with Crippen molar-refractivity contribution in [3.8, 4) is 0 Å². The zero-order valence-corrected chi connectivity index (χ0v) is 13.8. The van der Waals surface area contributed by atoms with Crippen LogP contribution in [-0.4, -0.2) is 56.7 Å². The van der Waals surface area contributed by atoms with Gasteiger partial charge < -0.3 is 14.4 Å². The average Bonchev–Trinajstić information content (AvgIpc) is 2.49. The molecule has 2 aliphatic rings. The van der Waals surface area contributed by atoms with Gasteiger partial charge in [0.25, 0.3) is 5.92 Å². The Morgan fingerprint density at radius 3 is 2.36 bits per heavy atom. The van der Waals surface area contributed by atoms with E-state index in [4.69, 9.17) is 9.47 Å². The van der Waals surface area contributed by atoms with Crippen molar-refractivity contribution in [3.05, 3.63) is 0 Å². The maximum Gasteiger partial charge on any atom is 0.251 e. The Morgan fingerprint density at radius 1 is 1.27 bits per heavy atom. The van der Waals surface area contributed by atoms with Gasteiger partial charge in [0.1, 0.15) is 0 Å². The lowest BCUT2D eigenvalue weighted by Crippen LogP contribution is -2.42. The number of likely N-dealkylation sites (tertiary alicyclic amines) is 1. The summed E-state index contributed by atoms with van der Waals surface area (Å²) in [6, 6.07) is 0. The quantitative estimate of drug-likeness (QED) is 0.798. The minimum Gasteiger partial charge on any atom is -0.384 e. The van der Waals surface area contributed by atoms with Crippen LogP contribution < -0.4 is 0 Å². The highest BCUT2D eigenvalue weighted by Gasteiger charge is 2.35. The normalized spacial score (nSPS) is 21.9. The van der Waals surface area contributed by atoms with Gasteiger partial charge in [-0.1, -0.05) is 6.92 Å². The maximum atomic E-state index is 12.7. The molecule has 0 N–H and O–H groups in total. The van der Waals surface area contributed by atoms with Crippen molar-refractivity contribution in [1.29, 1.82) is 0 Å². The predicted octanol–water partition coefficient (Wildman–Crippen LogP) is 3.10. The Bertz CT molecular complexity index is 308. The number of ether oxygens (including phenoxy) is 2. The molecule has 0 aromatic rings. The number of hydrogen-bond donors (Lipinski definition) is 0. The first kappa shape index (κ1) is 19.3. The number of methoxy groups -OCH3 is 1. The molecule has 0 atom stereocenters.